The zero-order valence-electron chi connectivity index (χ0n) is 14.8. The summed E-state index contributed by atoms with van der Waals surface area (Å²) < 4.78 is 0. The van der Waals surface area contributed by atoms with Gasteiger partial charge >= 0.3 is 0 Å². The maximum Gasteiger partial charge on any atom is 0.153 e. The number of aliphatic hydroxyl groups is 1. The first-order valence-electron chi connectivity index (χ1n) is 9.32. The van der Waals surface area contributed by atoms with Crippen molar-refractivity contribution >= 4 is 0 Å². The third-order valence-electron chi connectivity index (χ3n) is 5.29. The van der Waals surface area contributed by atoms with Gasteiger partial charge in [-0.25, -0.2) is 0 Å². The quantitative estimate of drug-likeness (QED) is 0.776. The van der Waals surface area contributed by atoms with Crippen LogP contribution in [0.3, 0.4) is 0 Å². The van der Waals surface area contributed by atoms with Gasteiger partial charge in [0.25, 0.3) is 0 Å². The molecule has 0 bridgehead atoms. The highest BCUT2D eigenvalue weighted by atomic mass is 16.3. The number of benzene rings is 1. The summed E-state index contributed by atoms with van der Waals surface area (Å²) in [5.41, 5.74) is -0.00474. The lowest BCUT2D eigenvalue weighted by Gasteiger charge is -2.35. The Kier molecular flexibility index (Phi) is 7.15. The average molecular weight is 314 g/mol. The van der Waals surface area contributed by atoms with Gasteiger partial charge in [-0.3, -0.25) is 0 Å². The molecule has 0 aliphatic heterocycles. The van der Waals surface area contributed by atoms with Crippen LogP contribution in [0.1, 0.15) is 57.9 Å². The topological polar surface area (TPSA) is 24.7 Å². The number of quaternary nitrogens is 1. The van der Waals surface area contributed by atoms with E-state index < -0.39 is 5.60 Å². The van der Waals surface area contributed by atoms with E-state index in [0.717, 1.165) is 44.5 Å². The Morgan fingerprint density at radius 3 is 2.35 bits per heavy atom. The predicted molar refractivity (Wildman–Crippen MR) is 96.2 cm³/mol. The molecule has 0 saturated heterocycles. The van der Waals surface area contributed by atoms with E-state index in [0.29, 0.717) is 0 Å². The van der Waals surface area contributed by atoms with Crippen molar-refractivity contribution < 1.29 is 10.0 Å². The van der Waals surface area contributed by atoms with E-state index in [4.69, 9.17) is 0 Å². The first kappa shape index (κ1) is 18.0. The second kappa shape index (κ2) is 9.11. The van der Waals surface area contributed by atoms with E-state index in [2.05, 4.69) is 25.7 Å². The summed E-state index contributed by atoms with van der Waals surface area (Å²) in [6, 6.07) is 10.1. The Morgan fingerprint density at radius 1 is 1.09 bits per heavy atom. The van der Waals surface area contributed by atoms with Crippen molar-refractivity contribution in [1.82, 2.24) is 0 Å². The molecule has 2 heteroatoms. The zero-order chi connectivity index (χ0) is 16.5. The van der Waals surface area contributed by atoms with E-state index in [1.54, 1.807) is 4.90 Å². The van der Waals surface area contributed by atoms with Crippen LogP contribution in [0.4, 0.5) is 0 Å². The lowest BCUT2D eigenvalue weighted by atomic mass is 9.73. The van der Waals surface area contributed by atoms with Crippen molar-refractivity contribution in [3.63, 3.8) is 0 Å². The van der Waals surface area contributed by atoms with Crippen LogP contribution >= 0.6 is 0 Å². The normalized spacial score (nSPS) is 18.3. The third-order valence-corrected chi connectivity index (χ3v) is 5.29. The smallest absolute Gasteiger partial charge is 0.153 e. The minimum absolute atomic E-state index is 0.270. The number of hydrogen-bond donors (Lipinski definition) is 2. The molecule has 1 aliphatic carbocycles. The molecule has 0 aromatic heterocycles. The lowest BCUT2D eigenvalue weighted by molar-refractivity contribution is -0.895. The van der Waals surface area contributed by atoms with Gasteiger partial charge in [-0.1, -0.05) is 61.4 Å². The van der Waals surface area contributed by atoms with E-state index in [1.807, 2.05) is 30.3 Å². The molecule has 0 amide bonds. The Hall–Kier alpha value is -1.30. The average Bonchev–Trinajstić information content (AvgIpc) is 2.63. The van der Waals surface area contributed by atoms with Gasteiger partial charge in [-0.2, -0.15) is 0 Å². The van der Waals surface area contributed by atoms with Gasteiger partial charge in [-0.15, -0.1) is 0 Å². The highest BCUT2D eigenvalue weighted by molar-refractivity contribution is 5.33. The Labute approximate surface area is 141 Å². The molecule has 1 atom stereocenters. The largest absolute Gasteiger partial charge is 0.373 e. The molecule has 1 fully saturated rings. The molecule has 0 unspecified atom stereocenters. The van der Waals surface area contributed by atoms with Crippen molar-refractivity contribution in [2.45, 2.75) is 58.0 Å². The minimum Gasteiger partial charge on any atom is -0.373 e. The number of hydrogen-bond acceptors (Lipinski definition) is 1. The van der Waals surface area contributed by atoms with Gasteiger partial charge in [0.2, 0.25) is 0 Å². The molecule has 1 saturated carbocycles. The Balaban J connectivity index is 2.14. The van der Waals surface area contributed by atoms with Crippen LogP contribution < -0.4 is 4.90 Å². The van der Waals surface area contributed by atoms with Crippen molar-refractivity contribution in [1.29, 1.82) is 0 Å². The van der Waals surface area contributed by atoms with Crippen LogP contribution in [0.5, 0.6) is 0 Å². The molecular formula is C21H32NO+. The highest BCUT2D eigenvalue weighted by Crippen LogP contribution is 2.38. The van der Waals surface area contributed by atoms with Crippen LogP contribution in [0.15, 0.2) is 30.3 Å². The fraction of sp³-hybridized carbons (Fsp3) is 0.619. The fourth-order valence-electron chi connectivity index (χ4n) is 3.66. The van der Waals surface area contributed by atoms with Crippen LogP contribution in [0, 0.1) is 17.8 Å². The van der Waals surface area contributed by atoms with Gasteiger partial charge < -0.3 is 10.0 Å². The van der Waals surface area contributed by atoms with E-state index in [9.17, 15) is 5.11 Å². The highest BCUT2D eigenvalue weighted by Gasteiger charge is 2.37. The first-order chi connectivity index (χ1) is 11.2. The summed E-state index contributed by atoms with van der Waals surface area (Å²) in [5.74, 6) is 6.85. The molecule has 2 rings (SSSR count). The summed E-state index contributed by atoms with van der Waals surface area (Å²) in [6.07, 6.45) is 6.75. The predicted octanol–water partition coefficient (Wildman–Crippen LogP) is 2.77. The Bertz CT molecular complexity index is 506. The second-order valence-corrected chi connectivity index (χ2v) is 6.73. The van der Waals surface area contributed by atoms with Crippen molar-refractivity contribution in [3.8, 4) is 11.8 Å². The summed E-state index contributed by atoms with van der Waals surface area (Å²) >= 11 is 0. The number of rotatable bonds is 6. The molecule has 1 aromatic carbocycles. The molecule has 2 N–H and O–H groups in total. The van der Waals surface area contributed by atoms with E-state index >= 15 is 0 Å². The van der Waals surface area contributed by atoms with Crippen LogP contribution in [0.25, 0.3) is 0 Å². The summed E-state index contributed by atoms with van der Waals surface area (Å²) in [5, 5.41) is 11.4. The van der Waals surface area contributed by atoms with Crippen molar-refractivity contribution in [3.05, 3.63) is 35.9 Å². The molecule has 2 nitrogen and oxygen atoms in total. The molecule has 1 aliphatic rings. The summed E-state index contributed by atoms with van der Waals surface area (Å²) in [7, 11) is 0. The SMILES string of the molecule is CC[NH+](CC)CCC#C[C@@](O)(c1ccccc1)C1CCCCC1. The molecular weight excluding hydrogens is 282 g/mol. The monoisotopic (exact) mass is 314 g/mol. The first-order valence-corrected chi connectivity index (χ1v) is 9.32. The standard InChI is InChI=1S/C21H31NO/c1-3-22(4-2)18-12-11-17-21(23,19-13-7-5-8-14-19)20-15-9-6-10-16-20/h5,7-8,13-14,20,23H,3-4,6,9-10,12,15-16,18H2,1-2H3/p+1/t21-/m1/s1. The minimum atomic E-state index is -0.972. The molecule has 126 valence electrons. The maximum absolute atomic E-state index is 11.4. The molecule has 0 heterocycles. The van der Waals surface area contributed by atoms with Gasteiger partial charge in [0.05, 0.1) is 26.1 Å². The van der Waals surface area contributed by atoms with Gasteiger partial charge in [-0.05, 0) is 32.3 Å². The third kappa shape index (κ3) is 4.83. The van der Waals surface area contributed by atoms with E-state index in [1.165, 1.54) is 19.3 Å². The van der Waals surface area contributed by atoms with Crippen molar-refractivity contribution in [2.75, 3.05) is 19.6 Å². The van der Waals surface area contributed by atoms with Crippen LogP contribution in [-0.4, -0.2) is 24.7 Å². The van der Waals surface area contributed by atoms with Crippen LogP contribution in [-0.2, 0) is 5.60 Å². The molecule has 0 radical (unpaired) electrons. The molecule has 23 heavy (non-hydrogen) atoms. The summed E-state index contributed by atoms with van der Waals surface area (Å²) in [4.78, 5) is 1.57. The van der Waals surface area contributed by atoms with Gasteiger partial charge in [0.1, 0.15) is 0 Å². The fourth-order valence-corrected chi connectivity index (χ4v) is 3.66. The van der Waals surface area contributed by atoms with Gasteiger partial charge in [0.15, 0.2) is 5.60 Å². The molecule has 1 aromatic rings. The van der Waals surface area contributed by atoms with Gasteiger partial charge in [0, 0.05) is 5.92 Å². The maximum atomic E-state index is 11.4. The van der Waals surface area contributed by atoms with Crippen molar-refractivity contribution in [2.24, 2.45) is 5.92 Å². The zero-order valence-corrected chi connectivity index (χ0v) is 14.8. The lowest BCUT2D eigenvalue weighted by Crippen LogP contribution is -3.11. The van der Waals surface area contributed by atoms with E-state index in [-0.39, 0.29) is 5.92 Å². The second-order valence-electron chi connectivity index (χ2n) is 6.73. The summed E-state index contributed by atoms with van der Waals surface area (Å²) in [6.45, 7) is 7.78. The van der Waals surface area contributed by atoms with Crippen LogP contribution in [0.2, 0.25) is 0 Å². The molecule has 0 spiro atoms. The Morgan fingerprint density at radius 2 is 1.74 bits per heavy atom. The number of nitrogens with one attached hydrogen (secondary N) is 1.